The third kappa shape index (κ3) is 3.81. The highest BCUT2D eigenvalue weighted by molar-refractivity contribution is 5.62. The maximum atomic E-state index is 4.51. The van der Waals surface area contributed by atoms with Crippen LogP contribution in [0.1, 0.15) is 6.92 Å². The number of anilines is 4. The Hall–Kier alpha value is -3.22. The van der Waals surface area contributed by atoms with Crippen LogP contribution in [0, 0.1) is 0 Å². The molecule has 0 spiro atoms. The second-order valence-corrected chi connectivity index (χ2v) is 6.34. The van der Waals surface area contributed by atoms with Gasteiger partial charge in [0.1, 0.15) is 18.0 Å². The summed E-state index contributed by atoms with van der Waals surface area (Å²) in [6.45, 7) is 6.49. The molecule has 1 aliphatic heterocycles. The van der Waals surface area contributed by atoms with Crippen molar-refractivity contribution in [2.24, 2.45) is 0 Å². The monoisotopic (exact) mass is 361 g/mol. The van der Waals surface area contributed by atoms with E-state index < -0.39 is 0 Å². The Kier molecular flexibility index (Phi) is 5.09. The summed E-state index contributed by atoms with van der Waals surface area (Å²) in [6, 6.07) is 14.2. The zero-order valence-corrected chi connectivity index (χ0v) is 15.4. The van der Waals surface area contributed by atoms with Crippen LogP contribution in [0.5, 0.6) is 0 Å². The summed E-state index contributed by atoms with van der Waals surface area (Å²) in [5, 5.41) is 0. The first-order valence-corrected chi connectivity index (χ1v) is 9.26. The number of piperazine rings is 1. The van der Waals surface area contributed by atoms with Gasteiger partial charge in [-0.2, -0.15) is 0 Å². The van der Waals surface area contributed by atoms with Gasteiger partial charge in [-0.1, -0.05) is 18.2 Å². The van der Waals surface area contributed by atoms with Gasteiger partial charge in [-0.3, -0.25) is 0 Å². The number of aromatic nitrogens is 4. The van der Waals surface area contributed by atoms with Gasteiger partial charge in [0.05, 0.1) is 0 Å². The van der Waals surface area contributed by atoms with Crippen molar-refractivity contribution in [2.75, 3.05) is 47.4 Å². The lowest BCUT2D eigenvalue weighted by atomic mass is 10.2. The number of para-hydroxylation sites is 1. The lowest BCUT2D eigenvalue weighted by Gasteiger charge is -2.35. The number of hydrogen-bond donors (Lipinski definition) is 0. The van der Waals surface area contributed by atoms with E-state index in [4.69, 9.17) is 0 Å². The van der Waals surface area contributed by atoms with Crippen molar-refractivity contribution in [1.29, 1.82) is 0 Å². The van der Waals surface area contributed by atoms with Crippen LogP contribution in [0.2, 0.25) is 0 Å². The van der Waals surface area contributed by atoms with E-state index in [2.05, 4.69) is 59.8 Å². The first-order valence-electron chi connectivity index (χ1n) is 9.26. The summed E-state index contributed by atoms with van der Waals surface area (Å²) in [5.41, 5.74) is 1.13. The van der Waals surface area contributed by atoms with Gasteiger partial charge in [0.15, 0.2) is 0 Å². The van der Waals surface area contributed by atoms with Gasteiger partial charge in [-0.05, 0) is 25.1 Å². The van der Waals surface area contributed by atoms with Gasteiger partial charge in [0.2, 0.25) is 5.95 Å². The smallest absolute Gasteiger partial charge is 0.225 e. The van der Waals surface area contributed by atoms with Gasteiger partial charge in [0.25, 0.3) is 0 Å². The number of hydrogen-bond acceptors (Lipinski definition) is 7. The van der Waals surface area contributed by atoms with Crippen molar-refractivity contribution in [2.45, 2.75) is 6.92 Å². The van der Waals surface area contributed by atoms with Crippen molar-refractivity contribution in [3.8, 4) is 0 Å². The van der Waals surface area contributed by atoms with Crippen LogP contribution in [0.3, 0.4) is 0 Å². The maximum absolute atomic E-state index is 4.51. The standard InChI is InChI=1S/C20H23N7/c1-2-27(17-7-4-3-5-8-17)19-15-18(23-16-24-19)25-11-13-26(14-12-25)20-21-9-6-10-22-20/h3-10,15-16H,2,11-14H2,1H3. The highest BCUT2D eigenvalue weighted by Gasteiger charge is 2.20. The molecule has 2 aromatic heterocycles. The molecule has 1 aromatic carbocycles. The molecule has 0 radical (unpaired) electrons. The Bertz CT molecular complexity index is 848. The number of rotatable bonds is 5. The fraction of sp³-hybridized carbons (Fsp3) is 0.300. The van der Waals surface area contributed by atoms with E-state index in [1.807, 2.05) is 24.3 Å². The molecular formula is C20H23N7. The molecule has 3 heterocycles. The predicted molar refractivity (Wildman–Crippen MR) is 108 cm³/mol. The maximum Gasteiger partial charge on any atom is 0.225 e. The van der Waals surface area contributed by atoms with Crippen LogP contribution in [-0.2, 0) is 0 Å². The number of nitrogens with zero attached hydrogens (tertiary/aromatic N) is 7. The fourth-order valence-corrected chi connectivity index (χ4v) is 3.33. The van der Waals surface area contributed by atoms with Crippen LogP contribution < -0.4 is 14.7 Å². The van der Waals surface area contributed by atoms with Gasteiger partial charge in [-0.15, -0.1) is 0 Å². The second-order valence-electron chi connectivity index (χ2n) is 6.34. The Labute approximate surface area is 159 Å². The Balaban J connectivity index is 1.48. The molecule has 3 aromatic rings. The summed E-state index contributed by atoms with van der Waals surface area (Å²) in [7, 11) is 0. The van der Waals surface area contributed by atoms with Crippen LogP contribution in [0.15, 0.2) is 61.2 Å². The Morgan fingerprint density at radius 2 is 1.56 bits per heavy atom. The van der Waals surface area contributed by atoms with E-state index in [-0.39, 0.29) is 0 Å². The molecule has 7 nitrogen and oxygen atoms in total. The predicted octanol–water partition coefficient (Wildman–Crippen LogP) is 2.75. The van der Waals surface area contributed by atoms with Gasteiger partial charge in [0, 0.05) is 56.9 Å². The van der Waals surface area contributed by atoms with E-state index in [9.17, 15) is 0 Å². The first kappa shape index (κ1) is 17.2. The third-order valence-corrected chi connectivity index (χ3v) is 4.74. The SMILES string of the molecule is CCN(c1ccccc1)c1cc(N2CCN(c3ncccn3)CC2)ncn1. The van der Waals surface area contributed by atoms with E-state index in [0.717, 1.165) is 56.0 Å². The molecule has 7 heteroatoms. The first-order chi connectivity index (χ1) is 13.3. The minimum absolute atomic E-state index is 0.793. The molecule has 0 aliphatic carbocycles. The van der Waals surface area contributed by atoms with Crippen molar-refractivity contribution in [3.05, 3.63) is 61.2 Å². The molecule has 0 atom stereocenters. The molecule has 0 bridgehead atoms. The molecule has 138 valence electrons. The van der Waals surface area contributed by atoms with Crippen molar-refractivity contribution < 1.29 is 0 Å². The number of benzene rings is 1. The minimum Gasteiger partial charge on any atom is -0.353 e. The van der Waals surface area contributed by atoms with E-state index in [1.54, 1.807) is 18.7 Å². The quantitative estimate of drug-likeness (QED) is 0.692. The lowest BCUT2D eigenvalue weighted by molar-refractivity contribution is 0.634. The third-order valence-electron chi connectivity index (χ3n) is 4.74. The molecule has 0 amide bonds. The molecule has 0 N–H and O–H groups in total. The van der Waals surface area contributed by atoms with Crippen LogP contribution in [0.4, 0.5) is 23.3 Å². The molecule has 1 saturated heterocycles. The van der Waals surface area contributed by atoms with Gasteiger partial charge >= 0.3 is 0 Å². The van der Waals surface area contributed by atoms with E-state index in [0.29, 0.717) is 0 Å². The fourth-order valence-electron chi connectivity index (χ4n) is 3.33. The zero-order chi connectivity index (χ0) is 18.5. The molecule has 4 rings (SSSR count). The topological polar surface area (TPSA) is 61.3 Å². The van der Waals surface area contributed by atoms with Crippen molar-refractivity contribution in [1.82, 2.24) is 19.9 Å². The molecule has 0 unspecified atom stereocenters. The second kappa shape index (κ2) is 7.99. The van der Waals surface area contributed by atoms with Crippen LogP contribution in [-0.4, -0.2) is 52.7 Å². The highest BCUT2D eigenvalue weighted by atomic mass is 15.3. The summed E-state index contributed by atoms with van der Waals surface area (Å²) < 4.78 is 0. The van der Waals surface area contributed by atoms with Crippen molar-refractivity contribution in [3.63, 3.8) is 0 Å². The molecule has 1 aliphatic rings. The zero-order valence-electron chi connectivity index (χ0n) is 15.4. The van der Waals surface area contributed by atoms with E-state index >= 15 is 0 Å². The largest absolute Gasteiger partial charge is 0.353 e. The minimum atomic E-state index is 0.793. The van der Waals surface area contributed by atoms with Crippen LogP contribution in [0.25, 0.3) is 0 Å². The van der Waals surface area contributed by atoms with Crippen molar-refractivity contribution >= 4 is 23.3 Å². The molecular weight excluding hydrogens is 338 g/mol. The lowest BCUT2D eigenvalue weighted by Crippen LogP contribution is -2.47. The van der Waals surface area contributed by atoms with E-state index in [1.165, 1.54) is 0 Å². The Morgan fingerprint density at radius 3 is 2.26 bits per heavy atom. The summed E-state index contributed by atoms with van der Waals surface area (Å²) in [4.78, 5) is 24.4. The van der Waals surface area contributed by atoms with Crippen LogP contribution >= 0.6 is 0 Å². The molecule has 27 heavy (non-hydrogen) atoms. The normalized spacial score (nSPS) is 14.3. The molecule has 1 fully saturated rings. The highest BCUT2D eigenvalue weighted by Crippen LogP contribution is 2.25. The summed E-state index contributed by atoms with van der Waals surface area (Å²) >= 11 is 0. The molecule has 0 saturated carbocycles. The average molecular weight is 361 g/mol. The Morgan fingerprint density at radius 1 is 0.852 bits per heavy atom. The van der Waals surface area contributed by atoms with Gasteiger partial charge in [-0.25, -0.2) is 19.9 Å². The average Bonchev–Trinajstić information content (AvgIpc) is 2.76. The van der Waals surface area contributed by atoms with Gasteiger partial charge < -0.3 is 14.7 Å². The summed E-state index contributed by atoms with van der Waals surface area (Å²) in [6.07, 6.45) is 5.23. The summed E-state index contributed by atoms with van der Waals surface area (Å²) in [5.74, 6) is 2.67.